The van der Waals surface area contributed by atoms with Gasteiger partial charge in [-0.25, -0.2) is 0 Å². The number of fused-ring (bicyclic) bond motifs is 1. The Morgan fingerprint density at radius 3 is 2.50 bits per heavy atom. The first-order valence-corrected chi connectivity index (χ1v) is 9.96. The number of hydrogen-bond acceptors (Lipinski definition) is 5. The van der Waals surface area contributed by atoms with Gasteiger partial charge >= 0.3 is 0 Å². The Kier molecular flexibility index (Phi) is 5.77. The zero-order valence-corrected chi connectivity index (χ0v) is 16.1. The Labute approximate surface area is 168 Å². The van der Waals surface area contributed by atoms with E-state index in [-0.39, 0.29) is 5.91 Å². The second kappa shape index (κ2) is 8.80. The van der Waals surface area contributed by atoms with Crippen molar-refractivity contribution in [2.24, 2.45) is 0 Å². The Morgan fingerprint density at radius 2 is 1.75 bits per heavy atom. The molecule has 0 saturated carbocycles. The van der Waals surface area contributed by atoms with Crippen molar-refractivity contribution in [3.05, 3.63) is 72.6 Å². The molecule has 0 saturated heterocycles. The van der Waals surface area contributed by atoms with E-state index in [9.17, 15) is 4.79 Å². The van der Waals surface area contributed by atoms with Crippen LogP contribution in [0.2, 0.25) is 0 Å². The zero-order valence-electron chi connectivity index (χ0n) is 15.3. The molecular weight excluding hydrogens is 372 g/mol. The Bertz CT molecular complexity index is 949. The second-order valence-electron chi connectivity index (χ2n) is 6.28. The molecule has 3 aromatic rings. The van der Waals surface area contributed by atoms with Crippen LogP contribution in [0.4, 0.5) is 5.69 Å². The molecule has 142 valence electrons. The highest BCUT2D eigenvalue weighted by Gasteiger charge is 2.18. The van der Waals surface area contributed by atoms with Crippen LogP contribution in [0.25, 0.3) is 0 Å². The molecule has 1 N–H and O–H groups in total. The summed E-state index contributed by atoms with van der Waals surface area (Å²) in [6.45, 7) is 1.03. The molecule has 0 radical (unpaired) electrons. The lowest BCUT2D eigenvalue weighted by molar-refractivity contribution is -0.116. The molecule has 0 unspecified atom stereocenters. The van der Waals surface area contributed by atoms with Crippen LogP contribution in [-0.2, 0) is 11.2 Å². The standard InChI is InChI=1S/C22H20N2O3S/c25-22(10-9-16-6-4-5-11-23-16)24-18-14-19-20(27-13-12-26-19)15-21(18)28-17-7-2-1-3-8-17/h1-8,11,14-15H,9-10,12-13H2,(H,24,25). The molecule has 4 rings (SSSR count). The molecule has 0 bridgehead atoms. The fourth-order valence-corrected chi connectivity index (χ4v) is 3.80. The molecule has 28 heavy (non-hydrogen) atoms. The van der Waals surface area contributed by atoms with Crippen molar-refractivity contribution in [3.8, 4) is 11.5 Å². The van der Waals surface area contributed by atoms with Crippen LogP contribution in [0.15, 0.2) is 76.7 Å². The van der Waals surface area contributed by atoms with Gasteiger partial charge in [0, 0.05) is 40.2 Å². The van der Waals surface area contributed by atoms with E-state index in [2.05, 4.69) is 10.3 Å². The lowest BCUT2D eigenvalue weighted by Crippen LogP contribution is -2.17. The summed E-state index contributed by atoms with van der Waals surface area (Å²) in [4.78, 5) is 18.8. The van der Waals surface area contributed by atoms with Crippen molar-refractivity contribution in [2.45, 2.75) is 22.6 Å². The van der Waals surface area contributed by atoms with Gasteiger partial charge in [-0.2, -0.15) is 0 Å². The molecule has 1 aromatic heterocycles. The van der Waals surface area contributed by atoms with Gasteiger partial charge in [0.25, 0.3) is 0 Å². The average Bonchev–Trinajstić information content (AvgIpc) is 2.74. The van der Waals surface area contributed by atoms with Gasteiger partial charge in [0.2, 0.25) is 5.91 Å². The summed E-state index contributed by atoms with van der Waals surface area (Å²) >= 11 is 1.58. The molecule has 2 aromatic carbocycles. The largest absolute Gasteiger partial charge is 0.486 e. The number of amides is 1. The number of benzene rings is 2. The van der Waals surface area contributed by atoms with Gasteiger partial charge in [-0.05, 0) is 30.7 Å². The van der Waals surface area contributed by atoms with Crippen LogP contribution in [0.5, 0.6) is 11.5 Å². The molecule has 1 aliphatic rings. The Hall–Kier alpha value is -2.99. The first-order valence-electron chi connectivity index (χ1n) is 9.14. The van der Waals surface area contributed by atoms with E-state index in [1.807, 2.05) is 60.7 Å². The molecule has 0 spiro atoms. The van der Waals surface area contributed by atoms with Gasteiger partial charge in [-0.1, -0.05) is 36.0 Å². The SMILES string of the molecule is O=C(CCc1ccccn1)Nc1cc2c(cc1Sc1ccccc1)OCCO2. The van der Waals surface area contributed by atoms with Crippen LogP contribution in [-0.4, -0.2) is 24.1 Å². The van der Waals surface area contributed by atoms with Crippen LogP contribution >= 0.6 is 11.8 Å². The highest BCUT2D eigenvalue weighted by atomic mass is 32.2. The van der Waals surface area contributed by atoms with E-state index >= 15 is 0 Å². The van der Waals surface area contributed by atoms with Crippen molar-refractivity contribution in [3.63, 3.8) is 0 Å². The van der Waals surface area contributed by atoms with Gasteiger partial charge in [0.05, 0.1) is 5.69 Å². The van der Waals surface area contributed by atoms with Crippen LogP contribution in [0.1, 0.15) is 12.1 Å². The predicted molar refractivity (Wildman–Crippen MR) is 109 cm³/mol. The molecule has 1 amide bonds. The smallest absolute Gasteiger partial charge is 0.224 e. The number of nitrogens with one attached hydrogen (secondary N) is 1. The van der Waals surface area contributed by atoms with Crippen molar-refractivity contribution in [2.75, 3.05) is 18.5 Å². The van der Waals surface area contributed by atoms with E-state index in [1.165, 1.54) is 0 Å². The van der Waals surface area contributed by atoms with Crippen molar-refractivity contribution < 1.29 is 14.3 Å². The van der Waals surface area contributed by atoms with Crippen molar-refractivity contribution in [1.82, 2.24) is 4.98 Å². The maximum absolute atomic E-state index is 12.5. The normalized spacial score (nSPS) is 12.4. The monoisotopic (exact) mass is 392 g/mol. The number of anilines is 1. The molecule has 0 aliphatic carbocycles. The molecule has 1 aliphatic heterocycles. The summed E-state index contributed by atoms with van der Waals surface area (Å²) < 4.78 is 11.4. The summed E-state index contributed by atoms with van der Waals surface area (Å²) in [5, 5.41) is 3.03. The third-order valence-corrected chi connectivity index (χ3v) is 5.29. The highest BCUT2D eigenvalue weighted by molar-refractivity contribution is 7.99. The third-order valence-electron chi connectivity index (χ3n) is 4.22. The number of aryl methyl sites for hydroxylation is 1. The van der Waals surface area contributed by atoms with Crippen molar-refractivity contribution >= 4 is 23.4 Å². The van der Waals surface area contributed by atoms with Gasteiger partial charge in [0.1, 0.15) is 13.2 Å². The van der Waals surface area contributed by atoms with Gasteiger partial charge < -0.3 is 14.8 Å². The van der Waals surface area contributed by atoms with Crippen molar-refractivity contribution in [1.29, 1.82) is 0 Å². The number of rotatable bonds is 6. The average molecular weight is 392 g/mol. The topological polar surface area (TPSA) is 60.5 Å². The molecule has 0 atom stereocenters. The number of carbonyl (C=O) groups excluding carboxylic acids is 1. The Morgan fingerprint density at radius 1 is 1.00 bits per heavy atom. The summed E-state index contributed by atoms with van der Waals surface area (Å²) in [5.41, 5.74) is 1.63. The van der Waals surface area contributed by atoms with Gasteiger partial charge in [0.15, 0.2) is 11.5 Å². The van der Waals surface area contributed by atoms with Gasteiger partial charge in [-0.15, -0.1) is 0 Å². The second-order valence-corrected chi connectivity index (χ2v) is 7.39. The number of hydrogen-bond donors (Lipinski definition) is 1. The zero-order chi connectivity index (χ0) is 19.2. The first kappa shape index (κ1) is 18.4. The fourth-order valence-electron chi connectivity index (χ4n) is 2.87. The van der Waals surface area contributed by atoms with E-state index < -0.39 is 0 Å². The summed E-state index contributed by atoms with van der Waals surface area (Å²) in [6.07, 6.45) is 2.70. The number of ether oxygens (including phenoxy) is 2. The van der Waals surface area contributed by atoms with E-state index in [0.29, 0.717) is 37.6 Å². The summed E-state index contributed by atoms with van der Waals surface area (Å²) in [5.74, 6) is 1.30. The predicted octanol–water partition coefficient (Wildman–Crippen LogP) is 4.58. The van der Waals surface area contributed by atoms with Crippen LogP contribution < -0.4 is 14.8 Å². The first-order chi connectivity index (χ1) is 13.8. The lowest BCUT2D eigenvalue weighted by Gasteiger charge is -2.21. The maximum atomic E-state index is 12.5. The van der Waals surface area contributed by atoms with E-state index in [4.69, 9.17) is 9.47 Å². The van der Waals surface area contributed by atoms with E-state index in [0.717, 1.165) is 21.2 Å². The number of nitrogens with zero attached hydrogens (tertiary/aromatic N) is 1. The summed E-state index contributed by atoms with van der Waals surface area (Å²) in [6, 6.07) is 19.5. The number of aromatic nitrogens is 1. The minimum atomic E-state index is -0.0581. The lowest BCUT2D eigenvalue weighted by atomic mass is 10.2. The van der Waals surface area contributed by atoms with E-state index in [1.54, 1.807) is 18.0 Å². The maximum Gasteiger partial charge on any atom is 0.224 e. The molecular formula is C22H20N2O3S. The molecule has 5 nitrogen and oxygen atoms in total. The highest BCUT2D eigenvalue weighted by Crippen LogP contribution is 2.42. The fraction of sp³-hybridized carbons (Fsp3) is 0.182. The van der Waals surface area contributed by atoms with Crippen LogP contribution in [0.3, 0.4) is 0 Å². The number of pyridine rings is 1. The minimum Gasteiger partial charge on any atom is -0.486 e. The Balaban J connectivity index is 1.53. The summed E-state index contributed by atoms with van der Waals surface area (Å²) in [7, 11) is 0. The molecule has 2 heterocycles. The quantitative estimate of drug-likeness (QED) is 0.666. The molecule has 0 fully saturated rings. The number of carbonyl (C=O) groups is 1. The van der Waals surface area contributed by atoms with Gasteiger partial charge in [-0.3, -0.25) is 9.78 Å². The molecule has 6 heteroatoms. The van der Waals surface area contributed by atoms with Crippen LogP contribution in [0, 0.1) is 0 Å². The minimum absolute atomic E-state index is 0.0581. The third kappa shape index (κ3) is 4.64.